The number of thiazole rings is 1. The van der Waals surface area contributed by atoms with Crippen molar-refractivity contribution in [3.63, 3.8) is 0 Å². The first-order valence-electron chi connectivity index (χ1n) is 25.1. The van der Waals surface area contributed by atoms with Gasteiger partial charge in [0.15, 0.2) is 0 Å². The van der Waals surface area contributed by atoms with Gasteiger partial charge < -0.3 is 35.3 Å². The molecule has 0 bridgehead atoms. The first-order valence-corrected chi connectivity index (χ1v) is 26.0. The molecule has 0 aliphatic carbocycles. The van der Waals surface area contributed by atoms with Crippen molar-refractivity contribution in [2.45, 2.75) is 142 Å². The van der Waals surface area contributed by atoms with Gasteiger partial charge in [0.1, 0.15) is 35.1 Å². The van der Waals surface area contributed by atoms with Gasteiger partial charge in [0.2, 0.25) is 17.7 Å². The third-order valence-corrected chi connectivity index (χ3v) is 14.7. The van der Waals surface area contributed by atoms with Gasteiger partial charge in [0.05, 0.1) is 34.8 Å². The maximum Gasteiger partial charge on any atom is 0.246 e. The Balaban J connectivity index is 0.822. The number of fused-ring (bicyclic) bond motifs is 3. The molecule has 71 heavy (non-hydrogen) atoms. The number of aliphatic hydroxyl groups excluding tert-OH is 1. The number of nitrogens with zero attached hydrogens (tertiary/aromatic N) is 4. The summed E-state index contributed by atoms with van der Waals surface area (Å²) in [4.78, 5) is 55.1. The number of para-hydroxylation sites is 1. The third-order valence-electron chi connectivity index (χ3n) is 13.8. The van der Waals surface area contributed by atoms with Crippen molar-refractivity contribution < 1.29 is 37.4 Å². The zero-order chi connectivity index (χ0) is 51.2. The molecule has 16 heteroatoms. The van der Waals surface area contributed by atoms with Crippen LogP contribution in [0.5, 0.6) is 5.75 Å². The molecule has 384 valence electrons. The fraction of sp³-hybridized carbons (Fsp3) is 0.527. The Bertz CT molecular complexity index is 2600. The molecule has 3 aromatic carbocycles. The highest BCUT2D eigenvalue weighted by atomic mass is 32.1. The van der Waals surface area contributed by atoms with Gasteiger partial charge in [0, 0.05) is 72.8 Å². The molecule has 0 unspecified atom stereocenters. The van der Waals surface area contributed by atoms with Crippen molar-refractivity contribution >= 4 is 40.0 Å². The van der Waals surface area contributed by atoms with Crippen molar-refractivity contribution in [2.75, 3.05) is 39.8 Å². The Kier molecular flexibility index (Phi) is 17.4. The average Bonchev–Trinajstić information content (AvgIpc) is 4.03. The summed E-state index contributed by atoms with van der Waals surface area (Å²) >= 11 is 1.57. The number of benzene rings is 3. The number of aromatic amines is 1. The number of hydrogen-bond acceptors (Lipinski definition) is 9. The van der Waals surface area contributed by atoms with Crippen LogP contribution >= 0.6 is 11.3 Å². The van der Waals surface area contributed by atoms with Crippen LogP contribution in [0.3, 0.4) is 0 Å². The van der Waals surface area contributed by atoms with E-state index in [1.165, 1.54) is 30.9 Å². The second-order valence-corrected chi connectivity index (χ2v) is 22.2. The molecule has 5 aromatic rings. The number of amides is 3. The number of carbonyl (C=O) groups excluding carboxylic acids is 3. The van der Waals surface area contributed by atoms with E-state index in [9.17, 15) is 19.5 Å². The van der Waals surface area contributed by atoms with Crippen molar-refractivity contribution in [2.24, 2.45) is 5.41 Å². The molecule has 2 aromatic heterocycles. The molecule has 3 amide bonds. The summed E-state index contributed by atoms with van der Waals surface area (Å²) in [7, 11) is 2.03. The predicted molar refractivity (Wildman–Crippen MR) is 274 cm³/mol. The maximum absolute atomic E-state index is 16.1. The number of rotatable bonds is 21. The number of β-amino-alcohol motifs (C(OH)–C–C–N with tert-alkyl or cyclic N) is 1. The number of ether oxygens (including phenoxy) is 1. The van der Waals surface area contributed by atoms with Crippen LogP contribution in [0.15, 0.2) is 66.2 Å². The lowest BCUT2D eigenvalue weighted by molar-refractivity contribution is -0.144. The number of likely N-dealkylation sites (tertiary alicyclic amines) is 1. The summed E-state index contributed by atoms with van der Waals surface area (Å²) in [5, 5.41) is 17.5. The van der Waals surface area contributed by atoms with Crippen molar-refractivity contribution in [1.29, 1.82) is 0 Å². The molecule has 2 aliphatic heterocycles. The Hall–Kier alpha value is -5.29. The van der Waals surface area contributed by atoms with Gasteiger partial charge in [-0.1, -0.05) is 69.7 Å². The van der Waals surface area contributed by atoms with E-state index in [1.807, 2.05) is 101 Å². The van der Waals surface area contributed by atoms with Crippen LogP contribution in [-0.2, 0) is 27.3 Å². The van der Waals surface area contributed by atoms with Crippen LogP contribution in [-0.4, -0.2) is 117 Å². The maximum atomic E-state index is 16.1. The molecular weight excluding hydrogens is 928 g/mol. The van der Waals surface area contributed by atoms with Crippen molar-refractivity contribution in [3.8, 4) is 16.2 Å². The highest BCUT2D eigenvalue weighted by Gasteiger charge is 2.45. The first kappa shape index (κ1) is 53.5. The van der Waals surface area contributed by atoms with Crippen LogP contribution in [0.25, 0.3) is 21.3 Å². The average molecular weight is 1000 g/mol. The van der Waals surface area contributed by atoms with Gasteiger partial charge in [-0.05, 0) is 108 Å². The van der Waals surface area contributed by atoms with Gasteiger partial charge >= 0.3 is 0 Å². The van der Waals surface area contributed by atoms with E-state index in [1.54, 1.807) is 11.3 Å². The Morgan fingerprint density at radius 1 is 0.986 bits per heavy atom. The fourth-order valence-electron chi connectivity index (χ4n) is 10.0. The topological polar surface area (TPSA) is 143 Å². The number of aryl methyl sites for hydroxylation is 1. The summed E-state index contributed by atoms with van der Waals surface area (Å²) in [5.74, 6) is -2.35. The zero-order valence-corrected chi connectivity index (χ0v) is 43.4. The summed E-state index contributed by atoms with van der Waals surface area (Å²) < 4.78 is 53.2. The van der Waals surface area contributed by atoms with Gasteiger partial charge in [-0.3, -0.25) is 19.3 Å². The smallest absolute Gasteiger partial charge is 0.246 e. The van der Waals surface area contributed by atoms with E-state index in [4.69, 9.17) is 4.74 Å². The fourth-order valence-corrected chi connectivity index (χ4v) is 10.9. The lowest BCUT2D eigenvalue weighted by Gasteiger charge is -2.43. The molecule has 1 fully saturated rings. The second-order valence-electron chi connectivity index (χ2n) is 21.3. The molecule has 12 nitrogen and oxygen atoms in total. The Labute approximate surface area is 420 Å². The SMILES string of the molecule is Cc1ncsc1-c1ccc(CNC(=O)[C@@H]2C[C@@H](O)CN2C(=O)[C@@H](NC(=O)CCCCCN(C)CCCCOc2cc(F)c([C@@H]3c4[nH]c5ccccc5c4C[C@@H](C)N3CC(C)(C)F)c(F)c2)C(C)(C)C)cc1. The zero-order valence-electron chi connectivity index (χ0n) is 42.5. The van der Waals surface area contributed by atoms with Crippen molar-refractivity contribution in [1.82, 2.24) is 35.3 Å². The largest absolute Gasteiger partial charge is 0.493 e. The molecule has 0 radical (unpaired) electrons. The van der Waals surface area contributed by atoms with E-state index < -0.39 is 52.9 Å². The summed E-state index contributed by atoms with van der Waals surface area (Å²) in [6, 6.07) is 15.4. The Morgan fingerprint density at radius 3 is 2.34 bits per heavy atom. The molecule has 4 N–H and O–H groups in total. The van der Waals surface area contributed by atoms with Crippen molar-refractivity contribution in [3.05, 3.63) is 106 Å². The molecule has 7 rings (SSSR count). The lowest BCUT2D eigenvalue weighted by Crippen LogP contribution is -2.57. The van der Waals surface area contributed by atoms with E-state index in [-0.39, 0.29) is 68.3 Å². The van der Waals surface area contributed by atoms with Crippen LogP contribution in [0.2, 0.25) is 0 Å². The summed E-state index contributed by atoms with van der Waals surface area (Å²) in [5.41, 5.74) is 4.92. The molecule has 4 heterocycles. The molecule has 0 saturated carbocycles. The number of halogens is 3. The molecule has 0 spiro atoms. The standard InChI is InChI=1S/C55H72F3N7O5S/c1-34-26-41-40-16-11-12-17-44(40)61-48(41)49(65(34)32-55(6,7)58)47-42(56)28-39(29-43(47)57)70-25-15-14-24-63(8)23-13-9-10-18-46(67)62-51(54(3,4)5)53(69)64-31-38(66)27-45(64)52(68)59-30-36-19-21-37(22-20-36)50-35(2)60-33-71-50/h11-12,16-17,19-22,28-29,33-34,38,45,49,51,61,66H,9-10,13-15,18,23-27,30-32H2,1-8H3,(H,59,68)(H,62,67)/t34-,38-,45+,49-,51-/m1/s1. The summed E-state index contributed by atoms with van der Waals surface area (Å²) in [6.07, 6.45) is 3.91. The normalized spacial score (nSPS) is 19.0. The van der Waals surface area contributed by atoms with Crippen LogP contribution in [0.4, 0.5) is 13.2 Å². The molecule has 1 saturated heterocycles. The first-order chi connectivity index (χ1) is 33.7. The Morgan fingerprint density at radius 2 is 1.68 bits per heavy atom. The highest BCUT2D eigenvalue weighted by molar-refractivity contribution is 7.13. The van der Waals surface area contributed by atoms with Gasteiger partial charge in [-0.25, -0.2) is 18.2 Å². The van der Waals surface area contributed by atoms with E-state index in [0.717, 1.165) is 70.5 Å². The minimum atomic E-state index is -1.59. The molecule has 2 aliphatic rings. The van der Waals surface area contributed by atoms with E-state index in [2.05, 4.69) is 25.5 Å². The third kappa shape index (κ3) is 13.4. The number of hydrogen-bond donors (Lipinski definition) is 4. The number of carbonyl (C=O) groups is 3. The molecule has 5 atom stereocenters. The second kappa shape index (κ2) is 23.1. The number of H-pyrrole nitrogens is 1. The van der Waals surface area contributed by atoms with Crippen LogP contribution < -0.4 is 15.4 Å². The van der Waals surface area contributed by atoms with E-state index in [0.29, 0.717) is 25.0 Å². The lowest BCUT2D eigenvalue weighted by atomic mass is 9.85. The monoisotopic (exact) mass is 1000 g/mol. The summed E-state index contributed by atoms with van der Waals surface area (Å²) in [6.45, 7) is 14.7. The predicted octanol–water partition coefficient (Wildman–Crippen LogP) is 9.42. The van der Waals surface area contributed by atoms with Gasteiger partial charge in [-0.15, -0.1) is 11.3 Å². The molecular formula is C55H72F3N7O5S. The number of alkyl halides is 1. The number of unbranched alkanes of at least 4 members (excludes halogenated alkanes) is 3. The number of aromatic nitrogens is 2. The quantitative estimate of drug-likeness (QED) is 0.0533. The minimum Gasteiger partial charge on any atom is -0.493 e. The highest BCUT2D eigenvalue weighted by Crippen LogP contribution is 2.44. The van der Waals surface area contributed by atoms with Gasteiger partial charge in [0.25, 0.3) is 0 Å². The van der Waals surface area contributed by atoms with E-state index >= 15 is 13.2 Å². The minimum absolute atomic E-state index is 0.00299. The van der Waals surface area contributed by atoms with Gasteiger partial charge in [-0.2, -0.15) is 0 Å². The van der Waals surface area contributed by atoms with Crippen LogP contribution in [0.1, 0.15) is 121 Å². The number of aliphatic hydroxyl groups is 1. The van der Waals surface area contributed by atoms with Crippen LogP contribution in [0, 0.1) is 24.0 Å². The number of nitrogens with one attached hydrogen (secondary N) is 3.